The first-order valence-corrected chi connectivity index (χ1v) is 5.66. The third-order valence-electron chi connectivity index (χ3n) is 2.85. The zero-order valence-electron chi connectivity index (χ0n) is 7.67. The minimum atomic E-state index is -2.12. The van der Waals surface area contributed by atoms with Crippen LogP contribution in [0.25, 0.3) is 0 Å². The van der Waals surface area contributed by atoms with E-state index in [1.807, 2.05) is 0 Å². The maximum absolute atomic E-state index is 13.2. The van der Waals surface area contributed by atoms with Crippen LogP contribution in [0.15, 0.2) is 0 Å². The fourth-order valence-electron chi connectivity index (χ4n) is 1.94. The molecule has 3 nitrogen and oxygen atoms in total. The lowest BCUT2D eigenvalue weighted by atomic mass is 10.1. The van der Waals surface area contributed by atoms with Gasteiger partial charge in [-0.2, -0.15) is 0 Å². The quantitative estimate of drug-likeness (QED) is 0.778. The molecule has 3 atom stereocenters. The number of carboxylic acids is 1. The van der Waals surface area contributed by atoms with Crippen LogP contribution in [0.5, 0.6) is 0 Å². The smallest absolute Gasteiger partial charge is 0.307 e. The summed E-state index contributed by atoms with van der Waals surface area (Å²) in [5.74, 6) is -2.27. The fourth-order valence-corrected chi connectivity index (χ4v) is 2.51. The topological polar surface area (TPSA) is 57.5 Å². The van der Waals surface area contributed by atoms with E-state index in [-0.39, 0.29) is 0 Å². The monoisotopic (exact) mass is 332 g/mol. The Balaban J connectivity index is 2.79. The van der Waals surface area contributed by atoms with Crippen LogP contribution in [0.3, 0.4) is 0 Å². The summed E-state index contributed by atoms with van der Waals surface area (Å²) in [6, 6.07) is 0. The first kappa shape index (κ1) is 12.4. The molecule has 0 aliphatic heterocycles. The molecule has 0 saturated heterocycles. The highest BCUT2D eigenvalue weighted by Gasteiger charge is 2.67. The van der Waals surface area contributed by atoms with Gasteiger partial charge in [-0.1, -0.05) is 13.8 Å². The second-order valence-electron chi connectivity index (χ2n) is 4.15. The van der Waals surface area contributed by atoms with E-state index in [2.05, 4.69) is 31.9 Å². The Morgan fingerprint density at radius 3 is 2.21 bits per heavy atom. The Bertz CT molecular complexity index is 262. The number of aliphatic hydroxyl groups excluding tert-OH is 1. The predicted molar refractivity (Wildman–Crippen MR) is 56.1 cm³/mol. The van der Waals surface area contributed by atoms with Crippen LogP contribution >= 0.6 is 31.9 Å². The van der Waals surface area contributed by atoms with Crippen molar-refractivity contribution in [2.45, 2.75) is 23.4 Å². The molecule has 2 N–H and O–H groups in total. The first-order valence-electron chi connectivity index (χ1n) is 4.07. The zero-order valence-corrected chi connectivity index (χ0v) is 10.8. The van der Waals surface area contributed by atoms with Gasteiger partial charge >= 0.3 is 5.97 Å². The van der Waals surface area contributed by atoms with E-state index in [4.69, 9.17) is 5.11 Å². The molecule has 1 fully saturated rings. The Morgan fingerprint density at radius 2 is 2.00 bits per heavy atom. The molecule has 0 spiro atoms. The number of alkyl halides is 3. The lowest BCUT2D eigenvalue weighted by Crippen LogP contribution is -2.29. The number of aliphatic hydroxyl groups is 1. The minimum Gasteiger partial charge on any atom is -0.481 e. The highest BCUT2D eigenvalue weighted by molar-refractivity contribution is 9.25. The van der Waals surface area contributed by atoms with E-state index < -0.39 is 32.8 Å². The summed E-state index contributed by atoms with van der Waals surface area (Å²) in [6.07, 6.45) is -1.38. The maximum Gasteiger partial charge on any atom is 0.307 e. The number of carbonyl (C=O) groups is 1. The molecule has 0 radical (unpaired) electrons. The Hall–Kier alpha value is 0.320. The number of hydrogen-bond donors (Lipinski definition) is 2. The van der Waals surface area contributed by atoms with E-state index >= 15 is 0 Å². The summed E-state index contributed by atoms with van der Waals surface area (Å²) in [5.41, 5.74) is -0.565. The number of halogens is 3. The summed E-state index contributed by atoms with van der Waals surface area (Å²) in [5, 5.41) is 18.4. The molecule has 0 aromatic heterocycles. The average Bonchev–Trinajstić information content (AvgIpc) is 2.49. The second kappa shape index (κ2) is 3.42. The fraction of sp³-hybridized carbons (Fsp3) is 0.875. The van der Waals surface area contributed by atoms with E-state index in [0.29, 0.717) is 0 Å². The molecule has 14 heavy (non-hydrogen) atoms. The van der Waals surface area contributed by atoms with E-state index in [1.54, 1.807) is 13.8 Å². The third-order valence-corrected chi connectivity index (χ3v) is 3.79. The third kappa shape index (κ3) is 1.97. The van der Waals surface area contributed by atoms with Gasteiger partial charge in [0.25, 0.3) is 0 Å². The van der Waals surface area contributed by atoms with Crippen LogP contribution in [0.2, 0.25) is 0 Å². The van der Waals surface area contributed by atoms with Crippen molar-refractivity contribution in [2.75, 3.05) is 0 Å². The molecule has 3 unspecified atom stereocenters. The van der Waals surface area contributed by atoms with Gasteiger partial charge in [0.05, 0.1) is 5.92 Å². The van der Waals surface area contributed by atoms with Crippen molar-refractivity contribution in [1.29, 1.82) is 0 Å². The van der Waals surface area contributed by atoms with E-state index in [1.165, 1.54) is 0 Å². The normalized spacial score (nSPS) is 32.4. The predicted octanol–water partition coefficient (Wildman–Crippen LogP) is 2.12. The van der Waals surface area contributed by atoms with Gasteiger partial charge in [0.15, 0.2) is 0 Å². The van der Waals surface area contributed by atoms with Crippen LogP contribution in [0.1, 0.15) is 13.8 Å². The SMILES string of the molecule is CC1(C)C(C(=O)O)C1C(O)C(F)(Br)Br. The van der Waals surface area contributed by atoms with Gasteiger partial charge in [-0.3, -0.25) is 4.79 Å². The Kier molecular flexibility index (Phi) is 3.03. The maximum atomic E-state index is 13.2. The van der Waals surface area contributed by atoms with Gasteiger partial charge < -0.3 is 10.2 Å². The summed E-state index contributed by atoms with van der Waals surface area (Å²) in [4.78, 5) is 10.8. The van der Waals surface area contributed by atoms with Crippen LogP contribution in [0, 0.1) is 17.3 Å². The molecular weight excluding hydrogens is 323 g/mol. The first-order chi connectivity index (χ1) is 6.10. The van der Waals surface area contributed by atoms with Gasteiger partial charge in [-0.25, -0.2) is 4.39 Å². The molecule has 1 saturated carbocycles. The van der Waals surface area contributed by atoms with Crippen molar-refractivity contribution in [3.05, 3.63) is 0 Å². The van der Waals surface area contributed by atoms with Gasteiger partial charge in [0.1, 0.15) is 6.10 Å². The summed E-state index contributed by atoms with van der Waals surface area (Å²) in [6.45, 7) is 3.40. The van der Waals surface area contributed by atoms with Crippen LogP contribution in [-0.4, -0.2) is 25.8 Å². The van der Waals surface area contributed by atoms with Crippen molar-refractivity contribution >= 4 is 37.8 Å². The molecule has 0 aromatic rings. The molecule has 0 aromatic carbocycles. The Labute approximate surface area is 97.9 Å². The number of rotatable bonds is 3. The van der Waals surface area contributed by atoms with Gasteiger partial charge in [0.2, 0.25) is 3.49 Å². The van der Waals surface area contributed by atoms with Crippen molar-refractivity contribution in [2.24, 2.45) is 17.3 Å². The van der Waals surface area contributed by atoms with Crippen molar-refractivity contribution in [3.8, 4) is 0 Å². The van der Waals surface area contributed by atoms with Crippen LogP contribution < -0.4 is 0 Å². The molecule has 0 amide bonds. The van der Waals surface area contributed by atoms with Crippen molar-refractivity contribution < 1.29 is 19.4 Å². The molecule has 0 heterocycles. The number of carboxylic acid groups (broad SMARTS) is 1. The molecule has 1 rings (SSSR count). The molecule has 0 bridgehead atoms. The highest BCUT2D eigenvalue weighted by Crippen LogP contribution is 2.62. The number of hydrogen-bond acceptors (Lipinski definition) is 2. The molecule has 6 heteroatoms. The average molecular weight is 334 g/mol. The largest absolute Gasteiger partial charge is 0.481 e. The minimum absolute atomic E-state index is 0.565. The van der Waals surface area contributed by atoms with Crippen molar-refractivity contribution in [3.63, 3.8) is 0 Å². The van der Waals surface area contributed by atoms with Gasteiger partial charge in [-0.05, 0) is 37.3 Å². The van der Waals surface area contributed by atoms with Gasteiger partial charge in [0, 0.05) is 5.92 Å². The van der Waals surface area contributed by atoms with E-state index in [0.717, 1.165) is 0 Å². The summed E-state index contributed by atoms with van der Waals surface area (Å²) >= 11 is 5.24. The van der Waals surface area contributed by atoms with E-state index in [9.17, 15) is 14.3 Å². The highest BCUT2D eigenvalue weighted by atomic mass is 79.9. The molecule has 82 valence electrons. The lowest BCUT2D eigenvalue weighted by molar-refractivity contribution is -0.139. The van der Waals surface area contributed by atoms with Gasteiger partial charge in [-0.15, -0.1) is 0 Å². The zero-order chi connectivity index (χ0) is 11.3. The molecule has 1 aliphatic rings. The Morgan fingerprint density at radius 1 is 1.57 bits per heavy atom. The second-order valence-corrected chi connectivity index (χ2v) is 7.52. The van der Waals surface area contributed by atoms with Crippen molar-refractivity contribution in [1.82, 2.24) is 0 Å². The summed E-state index contributed by atoms with van der Waals surface area (Å²) in [7, 11) is 0. The molecule has 1 aliphatic carbocycles. The van der Waals surface area contributed by atoms with Crippen LogP contribution in [-0.2, 0) is 4.79 Å². The van der Waals surface area contributed by atoms with Crippen LogP contribution in [0.4, 0.5) is 4.39 Å². The molecular formula is C8H11Br2FO3. The summed E-state index contributed by atoms with van der Waals surface area (Å²) < 4.78 is 11.1. The number of aliphatic carboxylic acids is 1. The standard InChI is InChI=1S/C8H11Br2FO3/c1-7(2)3(4(7)6(13)14)5(12)8(9,10)11/h3-5,12H,1-2H3,(H,13,14). The lowest BCUT2D eigenvalue weighted by Gasteiger charge is -2.19.